The highest BCUT2D eigenvalue weighted by molar-refractivity contribution is 5.54. The van der Waals surface area contributed by atoms with Crippen molar-refractivity contribution in [1.29, 1.82) is 0 Å². The van der Waals surface area contributed by atoms with Crippen LogP contribution in [0.5, 0.6) is 5.88 Å². The summed E-state index contributed by atoms with van der Waals surface area (Å²) in [6, 6.07) is 4.10. The van der Waals surface area contributed by atoms with Crippen molar-refractivity contribution < 1.29 is 9.47 Å². The van der Waals surface area contributed by atoms with Crippen LogP contribution in [0.25, 0.3) is 0 Å². The number of ether oxygens (including phenoxy) is 2. The summed E-state index contributed by atoms with van der Waals surface area (Å²) in [5.41, 5.74) is 6.45. The minimum Gasteiger partial charge on any atom is -0.476 e. The molecule has 0 spiro atoms. The number of aromatic nitrogens is 1. The lowest BCUT2D eigenvalue weighted by molar-refractivity contribution is 0.203. The lowest BCUT2D eigenvalue weighted by Gasteiger charge is -2.28. The number of rotatable bonds is 8. The Balaban J connectivity index is 2.90. The first-order valence-corrected chi connectivity index (χ1v) is 6.75. The number of methoxy groups -OCH3 is 1. The van der Waals surface area contributed by atoms with Crippen molar-refractivity contribution in [3.8, 4) is 5.88 Å². The van der Waals surface area contributed by atoms with Crippen LogP contribution in [0.4, 0.5) is 11.5 Å². The molecule has 0 aliphatic carbocycles. The van der Waals surface area contributed by atoms with E-state index in [0.717, 1.165) is 18.8 Å². The fourth-order valence-corrected chi connectivity index (χ4v) is 1.74. The van der Waals surface area contributed by atoms with E-state index in [9.17, 15) is 0 Å². The highest BCUT2D eigenvalue weighted by Gasteiger charge is 2.14. The predicted octanol–water partition coefficient (Wildman–Crippen LogP) is 2.31. The van der Waals surface area contributed by atoms with Crippen LogP contribution in [0.3, 0.4) is 0 Å². The van der Waals surface area contributed by atoms with Gasteiger partial charge in [0.1, 0.15) is 5.82 Å². The maximum atomic E-state index is 5.88. The van der Waals surface area contributed by atoms with Crippen molar-refractivity contribution in [3.05, 3.63) is 12.1 Å². The molecule has 5 heteroatoms. The summed E-state index contributed by atoms with van der Waals surface area (Å²) in [4.78, 5) is 6.68. The molecule has 108 valence electrons. The zero-order chi connectivity index (χ0) is 14.3. The Morgan fingerprint density at radius 3 is 2.63 bits per heavy atom. The summed E-state index contributed by atoms with van der Waals surface area (Å²) in [6.07, 6.45) is 0.933. The predicted molar refractivity (Wildman–Crippen MR) is 78.8 cm³/mol. The lowest BCUT2D eigenvalue weighted by Crippen LogP contribution is -2.34. The molecule has 1 aromatic rings. The molecule has 1 aromatic heterocycles. The highest BCUT2D eigenvalue weighted by atomic mass is 16.5. The standard InChI is InChI=1S/C14H25N3O2/c1-5-9-19-14-12(15)6-7-13(16-14)17(11(2)3)8-10-18-4/h6-7,11H,5,8-10,15H2,1-4H3. The van der Waals surface area contributed by atoms with Gasteiger partial charge in [-0.1, -0.05) is 6.92 Å². The minimum atomic E-state index is 0.338. The van der Waals surface area contributed by atoms with Gasteiger partial charge >= 0.3 is 0 Å². The molecule has 0 aromatic carbocycles. The van der Waals surface area contributed by atoms with Crippen molar-refractivity contribution in [1.82, 2.24) is 4.98 Å². The Morgan fingerprint density at radius 2 is 2.05 bits per heavy atom. The van der Waals surface area contributed by atoms with Crippen LogP contribution in [-0.2, 0) is 4.74 Å². The van der Waals surface area contributed by atoms with Crippen molar-refractivity contribution in [2.45, 2.75) is 33.2 Å². The third-order valence-corrected chi connectivity index (χ3v) is 2.77. The van der Waals surface area contributed by atoms with Gasteiger partial charge in [0, 0.05) is 19.7 Å². The van der Waals surface area contributed by atoms with Gasteiger partial charge in [0.05, 0.1) is 18.9 Å². The molecule has 0 unspecified atom stereocenters. The Hall–Kier alpha value is -1.49. The van der Waals surface area contributed by atoms with Crippen LogP contribution < -0.4 is 15.4 Å². The maximum absolute atomic E-state index is 5.88. The molecule has 0 atom stereocenters. The van der Waals surface area contributed by atoms with Crippen LogP contribution in [0.15, 0.2) is 12.1 Å². The topological polar surface area (TPSA) is 60.6 Å². The Kier molecular flexibility index (Phi) is 6.42. The molecule has 0 aliphatic heterocycles. The number of nitrogens with zero attached hydrogens (tertiary/aromatic N) is 2. The SMILES string of the molecule is CCCOc1nc(N(CCOC)C(C)C)ccc1N. The second kappa shape index (κ2) is 7.84. The molecule has 1 heterocycles. The fourth-order valence-electron chi connectivity index (χ4n) is 1.74. The largest absolute Gasteiger partial charge is 0.476 e. The highest BCUT2D eigenvalue weighted by Crippen LogP contribution is 2.24. The van der Waals surface area contributed by atoms with E-state index in [-0.39, 0.29) is 0 Å². The third kappa shape index (κ3) is 4.59. The van der Waals surface area contributed by atoms with Crippen molar-refractivity contribution in [3.63, 3.8) is 0 Å². The second-order valence-corrected chi connectivity index (χ2v) is 4.69. The van der Waals surface area contributed by atoms with Crippen LogP contribution >= 0.6 is 0 Å². The molecule has 0 saturated heterocycles. The van der Waals surface area contributed by atoms with E-state index in [2.05, 4.69) is 30.7 Å². The van der Waals surface area contributed by atoms with Gasteiger partial charge in [0.15, 0.2) is 0 Å². The van der Waals surface area contributed by atoms with E-state index in [0.29, 0.717) is 30.8 Å². The number of anilines is 2. The molecular weight excluding hydrogens is 242 g/mol. The molecule has 0 saturated carbocycles. The van der Waals surface area contributed by atoms with Crippen LogP contribution in [0.1, 0.15) is 27.2 Å². The zero-order valence-corrected chi connectivity index (χ0v) is 12.3. The summed E-state index contributed by atoms with van der Waals surface area (Å²) >= 11 is 0. The van der Waals surface area contributed by atoms with E-state index in [4.69, 9.17) is 15.2 Å². The second-order valence-electron chi connectivity index (χ2n) is 4.69. The van der Waals surface area contributed by atoms with E-state index in [1.807, 2.05) is 12.1 Å². The van der Waals surface area contributed by atoms with Gasteiger partial charge in [-0.3, -0.25) is 0 Å². The Labute approximate surface area is 115 Å². The van der Waals surface area contributed by atoms with E-state index >= 15 is 0 Å². The van der Waals surface area contributed by atoms with E-state index < -0.39 is 0 Å². The molecule has 0 bridgehead atoms. The van der Waals surface area contributed by atoms with Crippen LogP contribution in [-0.4, -0.2) is 37.9 Å². The quantitative estimate of drug-likeness (QED) is 0.783. The van der Waals surface area contributed by atoms with Gasteiger partial charge in [-0.25, -0.2) is 0 Å². The summed E-state index contributed by atoms with van der Waals surface area (Å²) in [6.45, 7) is 8.38. The van der Waals surface area contributed by atoms with Gasteiger partial charge in [-0.15, -0.1) is 0 Å². The van der Waals surface area contributed by atoms with Gasteiger partial charge < -0.3 is 20.1 Å². The smallest absolute Gasteiger partial charge is 0.239 e. The third-order valence-electron chi connectivity index (χ3n) is 2.77. The van der Waals surface area contributed by atoms with Gasteiger partial charge in [0.2, 0.25) is 5.88 Å². The minimum absolute atomic E-state index is 0.338. The average molecular weight is 267 g/mol. The Bertz CT molecular complexity index is 383. The first kappa shape index (κ1) is 15.6. The van der Waals surface area contributed by atoms with Crippen molar-refractivity contribution in [2.24, 2.45) is 0 Å². The van der Waals surface area contributed by atoms with Crippen LogP contribution in [0, 0.1) is 0 Å². The van der Waals surface area contributed by atoms with Gasteiger partial charge in [-0.05, 0) is 32.4 Å². The first-order valence-electron chi connectivity index (χ1n) is 6.75. The normalized spacial score (nSPS) is 10.8. The molecule has 19 heavy (non-hydrogen) atoms. The van der Waals surface area contributed by atoms with E-state index in [1.54, 1.807) is 7.11 Å². The van der Waals surface area contributed by atoms with Crippen LogP contribution in [0.2, 0.25) is 0 Å². The van der Waals surface area contributed by atoms with Crippen molar-refractivity contribution >= 4 is 11.5 Å². The number of pyridine rings is 1. The summed E-state index contributed by atoms with van der Waals surface area (Å²) in [7, 11) is 1.70. The molecule has 0 radical (unpaired) electrons. The number of nitrogens with two attached hydrogens (primary N) is 1. The average Bonchev–Trinajstić information content (AvgIpc) is 2.39. The molecular formula is C14H25N3O2. The van der Waals surface area contributed by atoms with Gasteiger partial charge in [0.25, 0.3) is 0 Å². The monoisotopic (exact) mass is 267 g/mol. The van der Waals surface area contributed by atoms with Crippen molar-refractivity contribution in [2.75, 3.05) is 37.5 Å². The number of hydrogen-bond donors (Lipinski definition) is 1. The lowest BCUT2D eigenvalue weighted by atomic mass is 10.3. The molecule has 0 fully saturated rings. The maximum Gasteiger partial charge on any atom is 0.239 e. The molecule has 0 amide bonds. The molecule has 5 nitrogen and oxygen atoms in total. The fraction of sp³-hybridized carbons (Fsp3) is 0.643. The Morgan fingerprint density at radius 1 is 1.32 bits per heavy atom. The van der Waals surface area contributed by atoms with Gasteiger partial charge in [-0.2, -0.15) is 4.98 Å². The zero-order valence-electron chi connectivity index (χ0n) is 12.3. The summed E-state index contributed by atoms with van der Waals surface area (Å²) < 4.78 is 10.7. The first-order chi connectivity index (χ1) is 9.10. The molecule has 0 aliphatic rings. The molecule has 1 rings (SSSR count). The summed E-state index contributed by atoms with van der Waals surface area (Å²) in [5, 5.41) is 0. The van der Waals surface area contributed by atoms with E-state index in [1.165, 1.54) is 0 Å². The summed E-state index contributed by atoms with van der Waals surface area (Å²) in [5.74, 6) is 1.38. The number of nitrogen functional groups attached to an aromatic ring is 1. The molecule has 2 N–H and O–H groups in total. The number of hydrogen-bond acceptors (Lipinski definition) is 5.